The average molecular weight is 409 g/mol. The maximum absolute atomic E-state index is 14.1. The number of nitrogens with zero attached hydrogens (tertiary/aromatic N) is 4. The molecule has 1 aliphatic rings. The summed E-state index contributed by atoms with van der Waals surface area (Å²) in [4.78, 5) is 29.9. The molecule has 8 nitrogen and oxygen atoms in total. The molecule has 0 saturated heterocycles. The van der Waals surface area contributed by atoms with Gasteiger partial charge in [-0.15, -0.1) is 0 Å². The van der Waals surface area contributed by atoms with Gasteiger partial charge in [0.15, 0.2) is 17.4 Å². The molecule has 0 radical (unpaired) electrons. The van der Waals surface area contributed by atoms with Gasteiger partial charge < -0.3 is 15.2 Å². The summed E-state index contributed by atoms with van der Waals surface area (Å²) >= 11 is 0. The predicted octanol–water partition coefficient (Wildman–Crippen LogP) is 2.89. The van der Waals surface area contributed by atoms with Crippen molar-refractivity contribution in [3.8, 4) is 23.0 Å². The fourth-order valence-electron chi connectivity index (χ4n) is 3.87. The van der Waals surface area contributed by atoms with Gasteiger partial charge in [0.2, 0.25) is 5.95 Å². The molecule has 154 valence electrons. The molecule has 1 unspecified atom stereocenters. The third kappa shape index (κ3) is 3.42. The van der Waals surface area contributed by atoms with Gasteiger partial charge in [-0.3, -0.25) is 4.79 Å². The number of methoxy groups -OCH3 is 2. The molecule has 2 N–H and O–H groups in total. The molecule has 2 heterocycles. The summed E-state index contributed by atoms with van der Waals surface area (Å²) in [5, 5.41) is 0. The van der Waals surface area contributed by atoms with Gasteiger partial charge >= 0.3 is 0 Å². The molecule has 0 bridgehead atoms. The molecule has 3 aromatic rings. The third-order valence-corrected chi connectivity index (χ3v) is 5.16. The van der Waals surface area contributed by atoms with Crippen LogP contribution in [-0.2, 0) is 6.42 Å². The second kappa shape index (κ2) is 7.66. The number of aryl methyl sites for hydroxylation is 1. The number of halogens is 1. The molecule has 4 rings (SSSR count). The zero-order valence-electron chi connectivity index (χ0n) is 16.8. The van der Waals surface area contributed by atoms with Crippen molar-refractivity contribution in [1.82, 2.24) is 19.9 Å². The molecule has 1 aromatic carbocycles. The first kappa shape index (κ1) is 19.7. The zero-order chi connectivity index (χ0) is 21.4. The molecule has 30 heavy (non-hydrogen) atoms. The number of hydrogen-bond acceptors (Lipinski definition) is 8. The number of carbonyl (C=O) groups excluding carboxylic acids is 1. The van der Waals surface area contributed by atoms with E-state index in [1.165, 1.54) is 32.5 Å². The number of Topliss-reactive ketones (excluding diaryl/α,β-unsaturated/α-hetero) is 1. The lowest BCUT2D eigenvalue weighted by atomic mass is 9.79. The number of carbonyl (C=O) groups is 1. The van der Waals surface area contributed by atoms with Crippen LogP contribution in [0.4, 0.5) is 10.3 Å². The van der Waals surface area contributed by atoms with Crippen molar-refractivity contribution in [3.05, 3.63) is 52.7 Å². The van der Waals surface area contributed by atoms with Crippen molar-refractivity contribution in [2.45, 2.75) is 25.7 Å². The van der Waals surface area contributed by atoms with Gasteiger partial charge in [0.05, 0.1) is 37.4 Å². The summed E-state index contributed by atoms with van der Waals surface area (Å²) in [7, 11) is 2.94. The summed E-state index contributed by atoms with van der Waals surface area (Å²) in [6.45, 7) is 1.75. The Bertz CT molecular complexity index is 1150. The van der Waals surface area contributed by atoms with E-state index in [0.29, 0.717) is 34.7 Å². The summed E-state index contributed by atoms with van der Waals surface area (Å²) in [6.07, 6.45) is 2.18. The maximum Gasteiger partial charge on any atom is 0.260 e. The molecule has 0 amide bonds. The van der Waals surface area contributed by atoms with Crippen molar-refractivity contribution in [3.63, 3.8) is 0 Å². The van der Waals surface area contributed by atoms with Crippen LogP contribution in [0.1, 0.15) is 39.6 Å². The van der Waals surface area contributed by atoms with Gasteiger partial charge in [0.25, 0.3) is 5.88 Å². The first-order chi connectivity index (χ1) is 14.4. The molecule has 1 atom stereocenters. The number of fused-ring (bicyclic) bond motifs is 1. The third-order valence-electron chi connectivity index (χ3n) is 5.16. The molecular weight excluding hydrogens is 389 g/mol. The lowest BCUT2D eigenvalue weighted by Gasteiger charge is -2.25. The Morgan fingerprint density at radius 1 is 1.13 bits per heavy atom. The molecule has 2 aromatic heterocycles. The van der Waals surface area contributed by atoms with E-state index in [-0.39, 0.29) is 35.8 Å². The largest absolute Gasteiger partial charge is 0.490 e. The van der Waals surface area contributed by atoms with E-state index in [1.807, 2.05) is 0 Å². The van der Waals surface area contributed by atoms with Crippen molar-refractivity contribution in [2.75, 3.05) is 20.0 Å². The van der Waals surface area contributed by atoms with Gasteiger partial charge in [-0.05, 0) is 37.0 Å². The standard InChI is InChI=1S/C21H20FN5O3/c1-10-18-15(26-21(23)25-10)6-11(7-16(18)28)13-5-4-12(22)8-14(13)19-24-9-17(29-2)20(27-19)30-3/h4-5,8-9,11H,6-7H2,1-3H3,(H2,23,25,26). The van der Waals surface area contributed by atoms with Crippen LogP contribution in [0.3, 0.4) is 0 Å². The van der Waals surface area contributed by atoms with Crippen LogP contribution in [0.15, 0.2) is 24.4 Å². The highest BCUT2D eigenvalue weighted by atomic mass is 19.1. The lowest BCUT2D eigenvalue weighted by molar-refractivity contribution is 0.0962. The van der Waals surface area contributed by atoms with Crippen LogP contribution in [0.2, 0.25) is 0 Å². The molecule has 0 spiro atoms. The van der Waals surface area contributed by atoms with Crippen molar-refractivity contribution in [1.29, 1.82) is 0 Å². The van der Waals surface area contributed by atoms with E-state index in [0.717, 1.165) is 5.56 Å². The fraction of sp³-hybridized carbons (Fsp3) is 0.286. The van der Waals surface area contributed by atoms with Crippen molar-refractivity contribution < 1.29 is 18.7 Å². The average Bonchev–Trinajstić information content (AvgIpc) is 2.72. The van der Waals surface area contributed by atoms with Gasteiger partial charge in [-0.25, -0.2) is 19.3 Å². The molecule has 9 heteroatoms. The highest BCUT2D eigenvalue weighted by molar-refractivity contribution is 6.00. The van der Waals surface area contributed by atoms with E-state index in [1.54, 1.807) is 13.0 Å². The Morgan fingerprint density at radius 2 is 1.93 bits per heavy atom. The summed E-state index contributed by atoms with van der Waals surface area (Å²) in [6, 6.07) is 4.38. The van der Waals surface area contributed by atoms with Crippen molar-refractivity contribution in [2.24, 2.45) is 0 Å². The van der Waals surface area contributed by atoms with Crippen LogP contribution in [0.25, 0.3) is 11.4 Å². The summed E-state index contributed by atoms with van der Waals surface area (Å²) in [5.74, 6) is 0.272. The normalized spacial score (nSPS) is 15.6. The second-order valence-corrected chi connectivity index (χ2v) is 7.02. The molecular formula is C21H20FN5O3. The fourth-order valence-corrected chi connectivity index (χ4v) is 3.87. The molecule has 0 fully saturated rings. The smallest absolute Gasteiger partial charge is 0.260 e. The Hall–Kier alpha value is -3.62. The first-order valence-electron chi connectivity index (χ1n) is 9.32. The highest BCUT2D eigenvalue weighted by Gasteiger charge is 2.31. The van der Waals surface area contributed by atoms with E-state index < -0.39 is 5.82 Å². The second-order valence-electron chi connectivity index (χ2n) is 7.02. The van der Waals surface area contributed by atoms with Crippen LogP contribution >= 0.6 is 0 Å². The van der Waals surface area contributed by atoms with Crippen LogP contribution in [-0.4, -0.2) is 39.9 Å². The Morgan fingerprint density at radius 3 is 2.67 bits per heavy atom. The number of ketones is 1. The van der Waals surface area contributed by atoms with E-state index >= 15 is 0 Å². The Balaban J connectivity index is 1.81. The van der Waals surface area contributed by atoms with Gasteiger partial charge in [0, 0.05) is 12.0 Å². The van der Waals surface area contributed by atoms with Crippen LogP contribution in [0, 0.1) is 12.7 Å². The van der Waals surface area contributed by atoms with E-state index in [4.69, 9.17) is 15.2 Å². The number of nitrogens with two attached hydrogens (primary N) is 1. The topological polar surface area (TPSA) is 113 Å². The minimum Gasteiger partial charge on any atom is -0.490 e. The van der Waals surface area contributed by atoms with Gasteiger partial charge in [-0.1, -0.05) is 6.07 Å². The first-order valence-corrected chi connectivity index (χ1v) is 9.32. The SMILES string of the molecule is COc1cnc(-c2cc(F)ccc2C2CC(=O)c3c(C)nc(N)nc3C2)nc1OC. The summed E-state index contributed by atoms with van der Waals surface area (Å²) < 4.78 is 24.6. The predicted molar refractivity (Wildman–Crippen MR) is 107 cm³/mol. The number of rotatable bonds is 4. The minimum atomic E-state index is -0.433. The quantitative estimate of drug-likeness (QED) is 0.700. The summed E-state index contributed by atoms with van der Waals surface area (Å²) in [5.41, 5.74) is 8.71. The number of benzene rings is 1. The van der Waals surface area contributed by atoms with Gasteiger partial charge in [-0.2, -0.15) is 4.98 Å². The molecule has 0 saturated carbocycles. The number of ether oxygens (including phenoxy) is 2. The number of hydrogen-bond donors (Lipinski definition) is 1. The Labute approximate surface area is 172 Å². The zero-order valence-corrected chi connectivity index (χ0v) is 16.8. The van der Waals surface area contributed by atoms with Crippen LogP contribution < -0.4 is 15.2 Å². The maximum atomic E-state index is 14.1. The number of aromatic nitrogens is 4. The lowest BCUT2D eigenvalue weighted by Crippen LogP contribution is -2.23. The van der Waals surface area contributed by atoms with E-state index in [9.17, 15) is 9.18 Å². The van der Waals surface area contributed by atoms with Crippen LogP contribution in [0.5, 0.6) is 11.6 Å². The molecule has 1 aliphatic carbocycles. The monoisotopic (exact) mass is 409 g/mol. The van der Waals surface area contributed by atoms with Gasteiger partial charge in [0.1, 0.15) is 5.82 Å². The Kier molecular flexibility index (Phi) is 5.03. The minimum absolute atomic E-state index is 0.0674. The number of nitrogen functional groups attached to an aromatic ring is 1. The highest BCUT2D eigenvalue weighted by Crippen LogP contribution is 2.38. The van der Waals surface area contributed by atoms with Crippen molar-refractivity contribution >= 4 is 11.7 Å². The number of anilines is 1. The van der Waals surface area contributed by atoms with E-state index in [2.05, 4.69) is 19.9 Å². The molecule has 0 aliphatic heterocycles.